The van der Waals surface area contributed by atoms with Gasteiger partial charge in [0.15, 0.2) is 8.32 Å². The molecule has 42 heteroatoms. The average Bonchev–Trinajstić information content (AvgIpc) is 0.789. The molecule has 32 nitrogen and oxygen atoms in total. The van der Waals surface area contributed by atoms with Crippen molar-refractivity contribution in [3.8, 4) is 0 Å². The number of aliphatic hydroxyl groups is 2. The number of amides is 8. The minimum absolute atomic E-state index is 0.0522. The van der Waals surface area contributed by atoms with Gasteiger partial charge in [0.2, 0.25) is 0 Å². The van der Waals surface area contributed by atoms with Crippen LogP contribution in [0, 0.1) is 0 Å². The quantitative estimate of drug-likeness (QED) is 0.0259. The van der Waals surface area contributed by atoms with Crippen LogP contribution in [0.4, 0.5) is 63.5 Å². The van der Waals surface area contributed by atoms with Crippen molar-refractivity contribution in [1.82, 2.24) is 51.9 Å². The summed E-state index contributed by atoms with van der Waals surface area (Å²) in [6, 6.07) is -3.38. The van der Waals surface area contributed by atoms with Crippen molar-refractivity contribution in [2.24, 2.45) is 10.2 Å². The Labute approximate surface area is 601 Å². The zero-order valence-corrected chi connectivity index (χ0v) is 63.9. The van der Waals surface area contributed by atoms with E-state index >= 15 is 0 Å². The van der Waals surface area contributed by atoms with Crippen LogP contribution < -0.4 is 37.2 Å². The van der Waals surface area contributed by atoms with E-state index in [9.17, 15) is 88.1 Å². The Morgan fingerprint density at radius 3 is 1.03 bits per heavy atom. The number of azide groups is 2. The number of halogens is 9. The van der Waals surface area contributed by atoms with Gasteiger partial charge in [-0.3, -0.25) is 14.4 Å². The number of β-amino-alcohol motifs (C(OH)–C–C–N with tert-alkyl or cyclic N) is 2. The topological polar surface area (TPSA) is 424 Å². The molecule has 104 heavy (non-hydrogen) atoms. The monoisotopic (exact) mass is 1530 g/mol. The molecule has 600 valence electrons. The maximum Gasteiger partial charge on any atom is 0.471 e. The molecule has 5 rings (SSSR count). The minimum Gasteiger partial charge on any atom is -0.444 e. The first-order valence-electron chi connectivity index (χ1n) is 33.5. The SMILES string of the molecule is CC(C)(C)OC(=O)N[C@@H]1CNC[C@@H](N=[N+]=[N-])C1.CC(C)(C)OC(=O)N[C@@H]1CNC[C@H](O)C1.CC(C)(C)OC(=O)N[C@H]1C[C@@H](O)CN(C(=O)C(F)(F)F)C1.CC(C)(C)OC(=O)N[C@H]1C[C@@H](O[Si](C)(C)C(C)(C)C)CN(C(=O)C(F)(F)F)C1.CC(C)(C)OC(=O)N[C@H]1C[C@H](N=[N+]=[N-])CN(C(=O)C(F)(F)F)C1. The highest BCUT2D eigenvalue weighted by atomic mass is 28.4. The Morgan fingerprint density at radius 2 is 0.692 bits per heavy atom. The molecule has 5 heterocycles. The molecule has 5 saturated heterocycles. The normalized spacial score (nSPS) is 23.5. The van der Waals surface area contributed by atoms with E-state index in [1.54, 1.807) is 62.3 Å². The van der Waals surface area contributed by atoms with E-state index in [4.69, 9.17) is 39.2 Å². The Morgan fingerprint density at radius 1 is 0.404 bits per heavy atom. The number of piperidine rings is 5. The lowest BCUT2D eigenvalue weighted by molar-refractivity contribution is -0.188. The molecular weight excluding hydrogens is 1420 g/mol. The van der Waals surface area contributed by atoms with Crippen molar-refractivity contribution in [3.05, 3.63) is 20.9 Å². The third-order valence-corrected chi connectivity index (χ3v) is 19.3. The Kier molecular flexibility index (Phi) is 35.9. The summed E-state index contributed by atoms with van der Waals surface area (Å²) in [6.07, 6.45) is -18.7. The standard InChI is InChI=1S/C18H33F3N2O4Si.C12H18F3N5O3.C12H19F3N2O4.C10H19N5O2.C10H20N2O3/c1-16(2,3)26-15(25)22-12-9-13(27-28(7,8)17(4,5)6)11-23(10-12)14(24)18(19,20)21;1-11(2,3)23-10(22)17-7-4-8(18-19-16)6-20(5-7)9(21)12(13,14)15;1-11(2,3)21-10(20)16-7-4-8(18)6-17(5-7)9(19)12(13,14)15;1-10(2,3)17-9(16)13-7-4-8(14-15-11)6-12-5-7;1-10(2,3)15-9(14)12-7-4-8(13)6-11-5-7/h12-13H,9-11H2,1-8H3,(H,22,25);7-8H,4-6H2,1-3H3,(H,17,22);7-8,18H,4-6H2,1-3H3,(H,16,20);7-8,12H,4-6H2,1-3H3,(H,13,16);7-8,11,13H,4-6H2,1-3H3,(H,12,14)/t12-,13+;7-,8-;7-,8+;7-,8-;7-,8+/m00000/s1. The molecule has 0 unspecified atom stereocenters. The summed E-state index contributed by atoms with van der Waals surface area (Å²) in [5.74, 6) is -5.99. The smallest absolute Gasteiger partial charge is 0.444 e. The molecule has 0 saturated carbocycles. The lowest BCUT2D eigenvalue weighted by Gasteiger charge is -2.44. The molecule has 0 bridgehead atoms. The van der Waals surface area contributed by atoms with Gasteiger partial charge in [-0.2, -0.15) is 39.5 Å². The number of likely N-dealkylation sites (tertiary alicyclic amines) is 3. The number of hydrogen-bond donors (Lipinski definition) is 9. The molecule has 9 N–H and O–H groups in total. The second-order valence-electron chi connectivity index (χ2n) is 31.9. The summed E-state index contributed by atoms with van der Waals surface area (Å²) in [5.41, 5.74) is 13.6. The van der Waals surface area contributed by atoms with Gasteiger partial charge in [-0.1, -0.05) is 31.0 Å². The van der Waals surface area contributed by atoms with Crippen molar-refractivity contribution in [3.63, 3.8) is 0 Å². The first-order valence-corrected chi connectivity index (χ1v) is 36.4. The molecule has 0 aromatic heterocycles. The Balaban J connectivity index is 0.000000660. The highest BCUT2D eigenvalue weighted by Crippen LogP contribution is 2.39. The van der Waals surface area contributed by atoms with Crippen LogP contribution in [0.3, 0.4) is 0 Å². The predicted octanol–water partition coefficient (Wildman–Crippen LogP) is 9.24. The van der Waals surface area contributed by atoms with Crippen molar-refractivity contribution < 1.29 is 116 Å². The van der Waals surface area contributed by atoms with Gasteiger partial charge >= 0.3 is 66.7 Å². The average molecular weight is 1530 g/mol. The summed E-state index contributed by atoms with van der Waals surface area (Å²) < 4.78 is 145. The number of carbonyl (C=O) groups is 8. The number of hydrogen-bond acceptors (Lipinski definition) is 20. The second kappa shape index (κ2) is 39.4. The molecular formula is C62H109F9N16O16Si. The van der Waals surface area contributed by atoms with Crippen LogP contribution in [-0.4, -0.2) is 254 Å². The van der Waals surface area contributed by atoms with E-state index in [-0.39, 0.29) is 68.7 Å². The van der Waals surface area contributed by atoms with Crippen LogP contribution in [0.2, 0.25) is 18.1 Å². The van der Waals surface area contributed by atoms with E-state index in [1.165, 1.54) is 0 Å². The van der Waals surface area contributed by atoms with Crippen molar-refractivity contribution in [2.45, 2.75) is 282 Å². The Bertz CT molecular complexity index is 2920. The van der Waals surface area contributed by atoms with E-state index in [0.29, 0.717) is 60.1 Å². The number of carbonyl (C=O) groups excluding carboxylic acids is 8. The highest BCUT2D eigenvalue weighted by molar-refractivity contribution is 6.74. The fourth-order valence-corrected chi connectivity index (χ4v) is 11.3. The number of ether oxygens (including phenoxy) is 5. The van der Waals surface area contributed by atoms with Gasteiger partial charge in [-0.15, -0.1) is 0 Å². The first kappa shape index (κ1) is 94.8. The third kappa shape index (κ3) is 40.3. The van der Waals surface area contributed by atoms with Gasteiger partial charge in [0.25, 0.3) is 0 Å². The molecule has 5 fully saturated rings. The molecule has 10 atom stereocenters. The van der Waals surface area contributed by atoms with Crippen molar-refractivity contribution in [1.29, 1.82) is 0 Å². The van der Waals surface area contributed by atoms with E-state index < -0.39 is 152 Å². The van der Waals surface area contributed by atoms with Crippen LogP contribution in [0.15, 0.2) is 10.2 Å². The number of nitrogens with zero attached hydrogens (tertiary/aromatic N) is 9. The summed E-state index contributed by atoms with van der Waals surface area (Å²) in [6.45, 7) is 36.6. The number of nitrogens with one attached hydrogen (secondary N) is 7. The zero-order valence-electron chi connectivity index (χ0n) is 62.9. The highest BCUT2D eigenvalue weighted by Gasteiger charge is 2.49. The fourth-order valence-electron chi connectivity index (χ4n) is 9.97. The maximum atomic E-state index is 13.0. The van der Waals surface area contributed by atoms with Gasteiger partial charge in [0.05, 0.1) is 48.5 Å². The number of aliphatic hydroxyl groups excluding tert-OH is 2. The van der Waals surface area contributed by atoms with Crippen LogP contribution in [0.5, 0.6) is 0 Å². The van der Waals surface area contributed by atoms with E-state index in [0.717, 1.165) is 0 Å². The van der Waals surface area contributed by atoms with Crippen LogP contribution in [0.25, 0.3) is 20.9 Å². The van der Waals surface area contributed by atoms with Crippen LogP contribution >= 0.6 is 0 Å². The molecule has 0 spiro atoms. The van der Waals surface area contributed by atoms with Crippen LogP contribution in [-0.2, 0) is 42.5 Å². The molecule has 0 radical (unpaired) electrons. The summed E-state index contributed by atoms with van der Waals surface area (Å²) in [7, 11) is -2.27. The van der Waals surface area contributed by atoms with Gasteiger partial charge in [-0.05, 0) is 165 Å². The lowest BCUT2D eigenvalue weighted by Crippen LogP contribution is -2.59. The van der Waals surface area contributed by atoms with Gasteiger partial charge in [0.1, 0.15) is 28.0 Å². The number of rotatable bonds is 9. The van der Waals surface area contributed by atoms with E-state index in [2.05, 4.69) is 57.3 Å². The minimum atomic E-state index is -5.03. The Hall–Kier alpha value is -7.23. The second-order valence-corrected chi connectivity index (χ2v) is 36.6. The molecule has 8 amide bonds. The first-order chi connectivity index (χ1) is 46.9. The largest absolute Gasteiger partial charge is 0.471 e. The molecule has 5 aliphatic rings. The number of alkyl halides is 9. The lowest BCUT2D eigenvalue weighted by atomic mass is 10.0. The van der Waals surface area contributed by atoms with Crippen molar-refractivity contribution in [2.75, 3.05) is 65.4 Å². The summed E-state index contributed by atoms with van der Waals surface area (Å²) in [4.78, 5) is 99.6. The molecule has 0 aliphatic carbocycles. The predicted molar refractivity (Wildman–Crippen MR) is 362 cm³/mol. The summed E-state index contributed by atoms with van der Waals surface area (Å²) >= 11 is 0. The fraction of sp³-hybridized carbons (Fsp3) is 0.871. The molecule has 0 aromatic rings. The third-order valence-electron chi connectivity index (χ3n) is 14.8. The zero-order chi connectivity index (χ0) is 80.8. The maximum absolute atomic E-state index is 13.0. The van der Waals surface area contributed by atoms with Gasteiger partial charge in [0, 0.05) is 87.4 Å². The van der Waals surface area contributed by atoms with E-state index in [1.807, 2.05) is 75.4 Å². The number of alkyl carbamates (subject to hydrolysis) is 5. The molecule has 5 aliphatic heterocycles. The van der Waals surface area contributed by atoms with Gasteiger partial charge in [-0.25, -0.2) is 24.0 Å². The van der Waals surface area contributed by atoms with Crippen LogP contribution in [0.1, 0.15) is 157 Å². The summed E-state index contributed by atoms with van der Waals surface area (Å²) in [5, 5.41) is 44.7. The van der Waals surface area contributed by atoms with Gasteiger partial charge < -0.3 is 90.2 Å². The molecule has 0 aromatic carbocycles. The van der Waals surface area contributed by atoms with Crippen molar-refractivity contribution >= 4 is 56.5 Å².